The highest BCUT2D eigenvalue weighted by Crippen LogP contribution is 2.40. The van der Waals surface area contributed by atoms with Crippen LogP contribution in [0.4, 0.5) is 5.69 Å². The quantitative estimate of drug-likeness (QED) is 0.541. The van der Waals surface area contributed by atoms with Crippen molar-refractivity contribution in [2.45, 2.75) is 66.7 Å². The molecule has 0 bridgehead atoms. The van der Waals surface area contributed by atoms with E-state index >= 15 is 0 Å². The molecule has 1 aliphatic carbocycles. The molecular weight excluding hydrogens is 346 g/mol. The van der Waals surface area contributed by atoms with Crippen molar-refractivity contribution < 1.29 is 9.53 Å². The van der Waals surface area contributed by atoms with Gasteiger partial charge in [-0.1, -0.05) is 44.4 Å². The van der Waals surface area contributed by atoms with Gasteiger partial charge in [0.15, 0.2) is 0 Å². The maximum atomic E-state index is 9.18. The Balaban J connectivity index is 0.000000772. The van der Waals surface area contributed by atoms with E-state index in [9.17, 15) is 4.79 Å². The van der Waals surface area contributed by atoms with Crippen LogP contribution >= 0.6 is 11.6 Å². The van der Waals surface area contributed by atoms with Gasteiger partial charge < -0.3 is 10.1 Å². The van der Waals surface area contributed by atoms with Crippen molar-refractivity contribution in [3.63, 3.8) is 0 Å². The number of hydrogen-bond acceptors (Lipinski definition) is 3. The van der Waals surface area contributed by atoms with Crippen LogP contribution in [0.25, 0.3) is 5.57 Å². The van der Waals surface area contributed by atoms with Crippen molar-refractivity contribution in [1.82, 2.24) is 0 Å². The summed E-state index contributed by atoms with van der Waals surface area (Å²) >= 11 is 6.19. The molecule has 26 heavy (non-hydrogen) atoms. The Bertz CT molecular complexity index is 555. The predicted octanol–water partition coefficient (Wildman–Crippen LogP) is 6.96. The molecule has 0 amide bonds. The number of carbonyl (C=O) groups is 1. The standard InChI is InChI=1S/C17H24ClN.C3H6O2.C2H6/c1-4-6-13-7-5-8-15(12(13)2)16-11-14(18)9-10-17(16)19-3;1-2-5-3-4;1-2/h9-11,13,19H,4-8H2,1-3H3;3H,2H2,1H3;1-2H3. The van der Waals surface area contributed by atoms with Gasteiger partial charge in [-0.15, -0.1) is 0 Å². The molecule has 0 saturated carbocycles. The lowest BCUT2D eigenvalue weighted by Gasteiger charge is -2.28. The third-order valence-corrected chi connectivity index (χ3v) is 4.75. The van der Waals surface area contributed by atoms with Gasteiger partial charge in [-0.05, 0) is 69.2 Å². The van der Waals surface area contributed by atoms with Crippen LogP contribution in [0.5, 0.6) is 0 Å². The Labute approximate surface area is 165 Å². The lowest BCUT2D eigenvalue weighted by Crippen LogP contribution is -2.11. The summed E-state index contributed by atoms with van der Waals surface area (Å²) in [5.74, 6) is 0.762. The summed E-state index contributed by atoms with van der Waals surface area (Å²) in [7, 11) is 1.98. The number of allylic oxidation sites excluding steroid dienone is 2. The number of carbonyl (C=O) groups excluding carboxylic acids is 1. The number of halogens is 1. The number of anilines is 1. The Morgan fingerprint density at radius 2 is 2.00 bits per heavy atom. The fourth-order valence-electron chi connectivity index (χ4n) is 3.29. The molecule has 1 aromatic rings. The summed E-state index contributed by atoms with van der Waals surface area (Å²) in [4.78, 5) is 9.18. The lowest BCUT2D eigenvalue weighted by molar-refractivity contribution is -0.128. The predicted molar refractivity (Wildman–Crippen MR) is 115 cm³/mol. The van der Waals surface area contributed by atoms with Gasteiger partial charge >= 0.3 is 0 Å². The van der Waals surface area contributed by atoms with Gasteiger partial charge in [-0.25, -0.2) is 0 Å². The molecule has 0 radical (unpaired) electrons. The van der Waals surface area contributed by atoms with Crippen LogP contribution < -0.4 is 5.32 Å². The molecule has 0 aliphatic heterocycles. The summed E-state index contributed by atoms with van der Waals surface area (Å²) in [6.07, 6.45) is 6.40. The Morgan fingerprint density at radius 1 is 1.31 bits per heavy atom. The average Bonchev–Trinajstić information content (AvgIpc) is 2.66. The summed E-state index contributed by atoms with van der Waals surface area (Å²) in [5, 5.41) is 4.12. The van der Waals surface area contributed by atoms with E-state index in [4.69, 9.17) is 11.6 Å². The van der Waals surface area contributed by atoms with E-state index in [-0.39, 0.29) is 0 Å². The van der Waals surface area contributed by atoms with Crippen molar-refractivity contribution in [2.24, 2.45) is 5.92 Å². The van der Waals surface area contributed by atoms with E-state index in [1.807, 2.05) is 27.0 Å². The van der Waals surface area contributed by atoms with Crippen LogP contribution in [-0.4, -0.2) is 20.1 Å². The van der Waals surface area contributed by atoms with Gasteiger partial charge in [-0.2, -0.15) is 0 Å². The van der Waals surface area contributed by atoms with E-state index < -0.39 is 0 Å². The van der Waals surface area contributed by atoms with E-state index in [1.54, 1.807) is 12.5 Å². The second kappa shape index (κ2) is 14.7. The molecule has 148 valence electrons. The van der Waals surface area contributed by atoms with Crippen LogP contribution in [0.15, 0.2) is 23.8 Å². The fraction of sp³-hybridized carbons (Fsp3) is 0.591. The second-order valence-corrected chi connectivity index (χ2v) is 6.47. The Hall–Kier alpha value is -1.48. The molecule has 4 heteroatoms. The normalized spacial score (nSPS) is 15.9. The third kappa shape index (κ3) is 7.82. The number of ether oxygens (including phenoxy) is 1. The van der Waals surface area contributed by atoms with Crippen LogP contribution in [-0.2, 0) is 9.53 Å². The first-order valence-electron chi connectivity index (χ1n) is 9.81. The summed E-state index contributed by atoms with van der Waals surface area (Å²) in [6, 6.07) is 6.15. The minimum atomic E-state index is 0.431. The molecule has 0 heterocycles. The van der Waals surface area contributed by atoms with E-state index in [0.717, 1.165) is 10.9 Å². The monoisotopic (exact) mass is 381 g/mol. The SMILES string of the molecule is CC.CCCC1CCCC(c2cc(Cl)ccc2NC)=C1C.CCOC=O. The number of rotatable bonds is 6. The van der Waals surface area contributed by atoms with Crippen LogP contribution in [0.1, 0.15) is 72.3 Å². The minimum Gasteiger partial charge on any atom is -0.468 e. The molecule has 0 fully saturated rings. The van der Waals surface area contributed by atoms with Crippen molar-refractivity contribution in [1.29, 1.82) is 0 Å². The molecule has 0 saturated heterocycles. The fourth-order valence-corrected chi connectivity index (χ4v) is 3.47. The van der Waals surface area contributed by atoms with Crippen molar-refractivity contribution in [3.05, 3.63) is 34.4 Å². The second-order valence-electron chi connectivity index (χ2n) is 6.03. The van der Waals surface area contributed by atoms with Crippen LogP contribution in [0.3, 0.4) is 0 Å². The largest absolute Gasteiger partial charge is 0.468 e. The first kappa shape index (κ1) is 24.5. The van der Waals surface area contributed by atoms with Crippen LogP contribution in [0.2, 0.25) is 5.02 Å². The minimum absolute atomic E-state index is 0.431. The zero-order chi connectivity index (χ0) is 19.9. The van der Waals surface area contributed by atoms with Crippen molar-refractivity contribution in [2.75, 3.05) is 19.0 Å². The number of nitrogens with one attached hydrogen (secondary N) is 1. The smallest absolute Gasteiger partial charge is 0.293 e. The van der Waals surface area contributed by atoms with E-state index in [1.165, 1.54) is 48.9 Å². The molecule has 0 spiro atoms. The highest BCUT2D eigenvalue weighted by molar-refractivity contribution is 6.30. The summed E-state index contributed by atoms with van der Waals surface area (Å²) in [6.45, 7) is 11.3. The molecular formula is C22H36ClNO2. The maximum absolute atomic E-state index is 9.18. The van der Waals surface area contributed by atoms with Gasteiger partial charge in [-0.3, -0.25) is 4.79 Å². The zero-order valence-corrected chi connectivity index (χ0v) is 18.1. The summed E-state index contributed by atoms with van der Waals surface area (Å²) in [5.41, 5.74) is 5.58. The van der Waals surface area contributed by atoms with Gasteiger partial charge in [0.2, 0.25) is 0 Å². The molecule has 0 aromatic heterocycles. The molecule has 1 aliphatic rings. The third-order valence-electron chi connectivity index (χ3n) is 4.52. The highest BCUT2D eigenvalue weighted by atomic mass is 35.5. The average molecular weight is 382 g/mol. The molecule has 1 N–H and O–H groups in total. The first-order chi connectivity index (χ1) is 12.6. The maximum Gasteiger partial charge on any atom is 0.293 e. The Kier molecular flexibility index (Phi) is 13.8. The van der Waals surface area contributed by atoms with Crippen molar-refractivity contribution in [3.8, 4) is 0 Å². The summed E-state index contributed by atoms with van der Waals surface area (Å²) < 4.78 is 4.15. The van der Waals surface area contributed by atoms with Crippen LogP contribution in [0, 0.1) is 5.92 Å². The number of hydrogen-bond donors (Lipinski definition) is 1. The Morgan fingerprint density at radius 3 is 2.50 bits per heavy atom. The molecule has 1 unspecified atom stereocenters. The van der Waals surface area contributed by atoms with Gasteiger partial charge in [0, 0.05) is 23.3 Å². The molecule has 1 aromatic carbocycles. The first-order valence-corrected chi connectivity index (χ1v) is 10.2. The van der Waals surface area contributed by atoms with Crippen molar-refractivity contribution >= 4 is 29.3 Å². The lowest BCUT2D eigenvalue weighted by atomic mass is 9.78. The van der Waals surface area contributed by atoms with Gasteiger partial charge in [0.05, 0.1) is 6.61 Å². The van der Waals surface area contributed by atoms with Gasteiger partial charge in [0.25, 0.3) is 6.47 Å². The zero-order valence-electron chi connectivity index (χ0n) is 17.3. The van der Waals surface area contributed by atoms with Gasteiger partial charge in [0.1, 0.15) is 0 Å². The molecule has 3 nitrogen and oxygen atoms in total. The molecule has 1 atom stereocenters. The topological polar surface area (TPSA) is 38.3 Å². The number of benzene rings is 1. The van der Waals surface area contributed by atoms with E-state index in [2.05, 4.69) is 36.0 Å². The van der Waals surface area contributed by atoms with E-state index in [0.29, 0.717) is 13.1 Å². The highest BCUT2D eigenvalue weighted by Gasteiger charge is 2.21. The molecule has 2 rings (SSSR count).